The number of nitrogens with zero attached hydrogens (tertiary/aromatic N) is 4. The van der Waals surface area contributed by atoms with Gasteiger partial charge in [-0.2, -0.15) is 0 Å². The molecule has 0 bridgehead atoms. The van der Waals surface area contributed by atoms with E-state index in [1.807, 2.05) is 36.8 Å². The molecule has 0 saturated carbocycles. The maximum atomic E-state index is 14.0. The van der Waals surface area contributed by atoms with Crippen molar-refractivity contribution in [2.75, 3.05) is 26.9 Å². The number of H-pyrrole nitrogens is 1. The van der Waals surface area contributed by atoms with Gasteiger partial charge in [-0.25, -0.2) is 9.78 Å². The minimum Gasteiger partial charge on any atom is -0.469 e. The molecule has 0 spiro atoms. The van der Waals surface area contributed by atoms with Gasteiger partial charge in [0.2, 0.25) is 11.8 Å². The molecule has 4 aromatic rings. The van der Waals surface area contributed by atoms with Crippen LogP contribution >= 0.6 is 0 Å². The van der Waals surface area contributed by atoms with Crippen LogP contribution in [0, 0.1) is 17.8 Å². The third-order valence-electron chi connectivity index (χ3n) is 13.3. The number of aromatic nitrogens is 2. The summed E-state index contributed by atoms with van der Waals surface area (Å²) in [6, 6.07) is 19.2. The summed E-state index contributed by atoms with van der Waals surface area (Å²) in [5.74, 6) is -0.0370. The van der Waals surface area contributed by atoms with Gasteiger partial charge in [-0.05, 0) is 75.9 Å². The van der Waals surface area contributed by atoms with Gasteiger partial charge in [0.1, 0.15) is 11.9 Å². The van der Waals surface area contributed by atoms with Crippen molar-refractivity contribution in [3.63, 3.8) is 0 Å². The number of hydrogen-bond acceptors (Lipinski definition) is 8. The molecule has 0 aliphatic carbocycles. The molecular weight excluding hydrogens is 773 g/mol. The quantitative estimate of drug-likeness (QED) is 0.101. The van der Waals surface area contributed by atoms with E-state index >= 15 is 0 Å². The van der Waals surface area contributed by atoms with Crippen LogP contribution in [0.25, 0.3) is 33.2 Å². The zero-order valence-corrected chi connectivity index (χ0v) is 37.3. The molecule has 3 amide bonds. The minimum atomic E-state index is -1.76. The Balaban J connectivity index is 1.06. The summed E-state index contributed by atoms with van der Waals surface area (Å²) < 4.78 is 9.82. The van der Waals surface area contributed by atoms with Crippen molar-refractivity contribution >= 4 is 54.1 Å². The molecule has 2 saturated heterocycles. The summed E-state index contributed by atoms with van der Waals surface area (Å²) in [5, 5.41) is 5.10. The normalized spacial score (nSPS) is 20.3. The number of amides is 3. The Kier molecular flexibility index (Phi) is 12.7. The monoisotopic (exact) mass is 832 g/mol. The van der Waals surface area contributed by atoms with Crippen molar-refractivity contribution in [2.45, 2.75) is 103 Å². The first-order valence-corrected chi connectivity index (χ1v) is 25.0. The van der Waals surface area contributed by atoms with Gasteiger partial charge in [0.25, 0.3) is 0 Å². The second-order valence-electron chi connectivity index (χ2n) is 17.8. The fourth-order valence-electron chi connectivity index (χ4n) is 9.38. The van der Waals surface area contributed by atoms with Gasteiger partial charge in [-0.1, -0.05) is 96.1 Å². The van der Waals surface area contributed by atoms with Crippen LogP contribution in [0.3, 0.4) is 0 Å². The van der Waals surface area contributed by atoms with E-state index in [4.69, 9.17) is 19.5 Å². The fourth-order valence-corrected chi connectivity index (χ4v) is 12.3. The zero-order chi connectivity index (χ0) is 42.9. The van der Waals surface area contributed by atoms with Gasteiger partial charge in [-0.3, -0.25) is 19.4 Å². The Morgan fingerprint density at radius 1 is 0.883 bits per heavy atom. The summed E-state index contributed by atoms with van der Waals surface area (Å²) in [6.07, 6.45) is 6.06. The molecule has 4 heterocycles. The van der Waals surface area contributed by atoms with Crippen LogP contribution in [0.2, 0.25) is 19.1 Å². The number of ether oxygens (including phenoxy) is 2. The molecule has 13 heteroatoms. The number of imidazole rings is 1. The number of methoxy groups -OCH3 is 2. The largest absolute Gasteiger partial charge is 0.469 e. The second kappa shape index (κ2) is 17.7. The predicted octanol–water partition coefficient (Wildman–Crippen LogP) is 8.64. The van der Waals surface area contributed by atoms with Gasteiger partial charge in [0, 0.05) is 24.8 Å². The molecule has 12 nitrogen and oxygen atoms in total. The minimum absolute atomic E-state index is 0.0314. The summed E-state index contributed by atoms with van der Waals surface area (Å²) >= 11 is 0. The Morgan fingerprint density at radius 3 is 2.30 bits per heavy atom. The number of aromatic amines is 1. The number of benzene rings is 3. The number of esters is 1. The Labute approximate surface area is 354 Å². The Morgan fingerprint density at radius 2 is 1.60 bits per heavy atom. The fraction of sp³-hybridized carbons (Fsp3) is 0.489. The first-order chi connectivity index (χ1) is 28.7. The number of likely N-dealkylation sites (tertiary alicyclic amines) is 1. The van der Waals surface area contributed by atoms with Crippen LogP contribution < -0.4 is 5.32 Å². The molecule has 3 aliphatic heterocycles. The summed E-state index contributed by atoms with van der Waals surface area (Å²) in [7, 11) is 0.937. The lowest BCUT2D eigenvalue weighted by molar-refractivity contribution is -0.148. The number of hydrogen-bond donors (Lipinski definition) is 2. The van der Waals surface area contributed by atoms with Crippen LogP contribution in [0.4, 0.5) is 10.5 Å². The molecule has 0 unspecified atom stereocenters. The lowest BCUT2D eigenvalue weighted by atomic mass is 9.87. The van der Waals surface area contributed by atoms with Crippen LogP contribution in [-0.4, -0.2) is 96.4 Å². The number of rotatable bonds is 13. The highest BCUT2D eigenvalue weighted by molar-refractivity contribution is 6.78. The average Bonchev–Trinajstić information content (AvgIpc) is 4.09. The van der Waals surface area contributed by atoms with E-state index in [1.165, 1.54) is 19.8 Å². The summed E-state index contributed by atoms with van der Waals surface area (Å²) in [4.78, 5) is 69.8. The molecule has 2 N–H and O–H groups in total. The third-order valence-corrected chi connectivity index (χ3v) is 16.0. The van der Waals surface area contributed by atoms with E-state index in [9.17, 15) is 19.2 Å². The number of carbonyl (C=O) groups excluding carboxylic acids is 4. The van der Waals surface area contributed by atoms with Crippen molar-refractivity contribution in [1.82, 2.24) is 25.1 Å². The maximum Gasteiger partial charge on any atom is 0.407 e. The molecule has 318 valence electrons. The second-order valence-corrected chi connectivity index (χ2v) is 22.9. The van der Waals surface area contributed by atoms with E-state index in [2.05, 4.69) is 84.9 Å². The number of alkyl carbamates (subject to hydrolysis) is 1. The summed E-state index contributed by atoms with van der Waals surface area (Å²) in [6.45, 7) is 13.4. The van der Waals surface area contributed by atoms with Gasteiger partial charge in [0.05, 0.1) is 64.3 Å². The molecule has 3 aliphatic rings. The SMILES string of the molecule is CC[C@H](C)[C@H](CC(=O)OC)C(=O)N1CCC[C@H]1C1=Nc2ccc3cc(-c4ccc(-c5cnc([C@@H]6C[Si](C)(C)CN6C(=O)[C@@H](NC(=O)OC)[C@@H](C)CC)[nH]5)cc4)ccc3c2C1. The van der Waals surface area contributed by atoms with E-state index in [-0.39, 0.29) is 48.1 Å². The van der Waals surface area contributed by atoms with Crippen molar-refractivity contribution in [3.8, 4) is 22.4 Å². The summed E-state index contributed by atoms with van der Waals surface area (Å²) in [5.41, 5.74) is 7.26. The van der Waals surface area contributed by atoms with E-state index in [0.29, 0.717) is 19.1 Å². The van der Waals surface area contributed by atoms with E-state index in [0.717, 1.165) is 82.1 Å². The van der Waals surface area contributed by atoms with Crippen molar-refractivity contribution < 1.29 is 28.7 Å². The van der Waals surface area contributed by atoms with Crippen LogP contribution in [0.1, 0.15) is 77.2 Å². The molecule has 3 aromatic carbocycles. The number of carbonyl (C=O) groups is 4. The highest BCUT2D eigenvalue weighted by Crippen LogP contribution is 2.40. The first-order valence-electron chi connectivity index (χ1n) is 21.6. The van der Waals surface area contributed by atoms with E-state index < -0.39 is 26.1 Å². The standard InChI is InChI=1S/C47H60N6O6Si/c1-9-28(3)35(24-42(54)58-5)45(55)52-21-11-12-40(52)38-23-36-34-19-17-32(22-33(34)18-20-37(36)49-38)30-13-15-31(16-14-30)39-25-48-44(50-39)41-26-60(7,8)27-53(41)46(56)43(29(4)10-2)51-47(57)59-6/h13-20,22,25,28-29,35,40-41,43H,9-12,21,23-24,26-27H2,1-8H3,(H,48,50)(H,51,57)/t28-,29-,35-,40-,41-,43-/m0/s1. The number of fused-ring (bicyclic) bond motifs is 3. The van der Waals surface area contributed by atoms with Gasteiger partial charge in [-0.15, -0.1) is 0 Å². The lowest BCUT2D eigenvalue weighted by Gasteiger charge is -2.31. The number of nitrogens with one attached hydrogen (secondary N) is 2. The van der Waals surface area contributed by atoms with Gasteiger partial charge >= 0.3 is 12.1 Å². The first kappa shape index (κ1) is 42.8. The molecular formula is C47H60N6O6Si. The van der Waals surface area contributed by atoms with Crippen LogP contribution in [0.15, 0.2) is 65.8 Å². The molecule has 60 heavy (non-hydrogen) atoms. The lowest BCUT2D eigenvalue weighted by Crippen LogP contribution is -2.52. The molecule has 7 rings (SSSR count). The van der Waals surface area contributed by atoms with Crippen molar-refractivity contribution in [3.05, 3.63) is 72.2 Å². The average molecular weight is 833 g/mol. The zero-order valence-electron chi connectivity index (χ0n) is 36.3. The molecule has 2 fully saturated rings. The van der Waals surface area contributed by atoms with E-state index in [1.54, 1.807) is 0 Å². The third kappa shape index (κ3) is 8.64. The number of aliphatic imine (C=N–C) groups is 1. The van der Waals surface area contributed by atoms with Crippen LogP contribution in [-0.2, 0) is 30.3 Å². The maximum absolute atomic E-state index is 14.0. The van der Waals surface area contributed by atoms with Crippen molar-refractivity contribution in [2.24, 2.45) is 22.7 Å². The molecule has 1 aromatic heterocycles. The highest BCUT2D eigenvalue weighted by atomic mass is 28.3. The topological polar surface area (TPSA) is 146 Å². The van der Waals surface area contributed by atoms with Crippen molar-refractivity contribution in [1.29, 1.82) is 0 Å². The smallest absolute Gasteiger partial charge is 0.407 e. The molecule has 6 atom stereocenters. The van der Waals surface area contributed by atoms with Crippen LogP contribution in [0.5, 0.6) is 0 Å². The Bertz CT molecular complexity index is 2290. The highest BCUT2D eigenvalue weighted by Gasteiger charge is 2.46. The predicted molar refractivity (Wildman–Crippen MR) is 238 cm³/mol. The Hall–Kier alpha value is -5.30. The van der Waals surface area contributed by atoms with Gasteiger partial charge in [0.15, 0.2) is 0 Å². The molecule has 0 radical (unpaired) electrons. The van der Waals surface area contributed by atoms with Gasteiger partial charge < -0.3 is 29.6 Å².